The minimum atomic E-state index is -0.205. The van der Waals surface area contributed by atoms with Crippen LogP contribution < -0.4 is 11.3 Å². The number of carbonyl (C=O) groups is 1. The summed E-state index contributed by atoms with van der Waals surface area (Å²) in [6, 6.07) is 5.28. The maximum atomic E-state index is 12.5. The average Bonchev–Trinajstić information content (AvgIpc) is 3.16. The molecular formula is C15H17N3O2S. The quantitative estimate of drug-likeness (QED) is 0.914. The van der Waals surface area contributed by atoms with Gasteiger partial charge in [0, 0.05) is 30.5 Å². The zero-order valence-corrected chi connectivity index (χ0v) is 12.4. The predicted molar refractivity (Wildman–Crippen MR) is 83.0 cm³/mol. The molecule has 0 spiro atoms. The van der Waals surface area contributed by atoms with Crippen LogP contribution in [0.2, 0.25) is 0 Å². The third-order valence-electron chi connectivity index (χ3n) is 3.55. The highest BCUT2D eigenvalue weighted by Gasteiger charge is 2.32. The lowest BCUT2D eigenvalue weighted by atomic mass is 10.3. The normalized spacial score (nSPS) is 14.1. The van der Waals surface area contributed by atoms with Crippen LogP contribution in [0.15, 0.2) is 40.0 Å². The summed E-state index contributed by atoms with van der Waals surface area (Å²) in [4.78, 5) is 26.2. The van der Waals surface area contributed by atoms with Crippen LogP contribution in [0, 0.1) is 0 Å². The lowest BCUT2D eigenvalue weighted by Gasteiger charge is -2.22. The molecule has 0 atom stereocenters. The van der Waals surface area contributed by atoms with Gasteiger partial charge >= 0.3 is 0 Å². The van der Waals surface area contributed by atoms with Crippen molar-refractivity contribution in [3.8, 4) is 0 Å². The molecule has 0 unspecified atom stereocenters. The van der Waals surface area contributed by atoms with Crippen molar-refractivity contribution in [2.75, 3.05) is 5.73 Å². The van der Waals surface area contributed by atoms with Gasteiger partial charge in [-0.1, -0.05) is 0 Å². The molecule has 5 nitrogen and oxygen atoms in total. The van der Waals surface area contributed by atoms with Gasteiger partial charge in [-0.05, 0) is 41.3 Å². The zero-order chi connectivity index (χ0) is 14.8. The van der Waals surface area contributed by atoms with E-state index in [0.29, 0.717) is 18.3 Å². The molecule has 21 heavy (non-hydrogen) atoms. The highest BCUT2D eigenvalue weighted by atomic mass is 32.1. The monoisotopic (exact) mass is 303 g/mol. The summed E-state index contributed by atoms with van der Waals surface area (Å²) in [7, 11) is 0. The standard InChI is InChI=1S/C15H17N3O2S/c16-12-1-4-14(19)17(8-12)9-15(20)18(13-2-3-13)7-11-5-6-21-10-11/h1,4-6,8,10,13H,2-3,7,9,16H2. The second kappa shape index (κ2) is 5.73. The maximum absolute atomic E-state index is 12.5. The fraction of sp³-hybridized carbons (Fsp3) is 0.333. The fourth-order valence-corrected chi connectivity index (χ4v) is 2.96. The molecule has 0 bridgehead atoms. The van der Waals surface area contributed by atoms with Gasteiger partial charge in [0.05, 0.1) is 0 Å². The molecule has 2 aromatic heterocycles. The van der Waals surface area contributed by atoms with Crippen LogP contribution in [0.1, 0.15) is 18.4 Å². The van der Waals surface area contributed by atoms with E-state index < -0.39 is 0 Å². The minimum absolute atomic E-state index is 0.0311. The van der Waals surface area contributed by atoms with Gasteiger partial charge in [-0.25, -0.2) is 0 Å². The van der Waals surface area contributed by atoms with Gasteiger partial charge in [-0.3, -0.25) is 9.59 Å². The average molecular weight is 303 g/mol. The zero-order valence-electron chi connectivity index (χ0n) is 11.6. The predicted octanol–water partition coefficient (Wildman–Crippen LogP) is 1.68. The first-order valence-corrected chi connectivity index (χ1v) is 7.84. The van der Waals surface area contributed by atoms with Crippen LogP contribution in [0.4, 0.5) is 5.69 Å². The number of rotatable bonds is 5. The van der Waals surface area contributed by atoms with Gasteiger partial charge in [0.2, 0.25) is 5.91 Å². The summed E-state index contributed by atoms with van der Waals surface area (Å²) in [5.74, 6) is -0.0311. The van der Waals surface area contributed by atoms with E-state index in [1.54, 1.807) is 17.4 Å². The molecule has 0 aromatic carbocycles. The molecule has 1 amide bonds. The van der Waals surface area contributed by atoms with Crippen molar-refractivity contribution < 1.29 is 4.79 Å². The van der Waals surface area contributed by atoms with Crippen molar-refractivity contribution >= 4 is 22.9 Å². The van der Waals surface area contributed by atoms with Crippen LogP contribution >= 0.6 is 11.3 Å². The molecule has 2 heterocycles. The van der Waals surface area contributed by atoms with Crippen molar-refractivity contribution in [3.63, 3.8) is 0 Å². The molecule has 1 aliphatic rings. The molecule has 110 valence electrons. The molecule has 2 aromatic rings. The fourth-order valence-electron chi connectivity index (χ4n) is 2.30. The number of anilines is 1. The number of hydrogen-bond acceptors (Lipinski definition) is 4. The number of amides is 1. The number of nitrogens with zero attached hydrogens (tertiary/aromatic N) is 2. The summed E-state index contributed by atoms with van der Waals surface area (Å²) in [6.45, 7) is 0.661. The lowest BCUT2D eigenvalue weighted by molar-refractivity contribution is -0.133. The molecule has 3 rings (SSSR count). The summed E-state index contributed by atoms with van der Waals surface area (Å²) in [5, 5.41) is 4.06. The summed E-state index contributed by atoms with van der Waals surface area (Å²) >= 11 is 1.62. The van der Waals surface area contributed by atoms with Crippen LogP contribution in [0.5, 0.6) is 0 Å². The van der Waals surface area contributed by atoms with E-state index in [2.05, 4.69) is 5.38 Å². The molecule has 0 radical (unpaired) electrons. The first-order chi connectivity index (χ1) is 10.1. The van der Waals surface area contributed by atoms with E-state index in [4.69, 9.17) is 5.73 Å². The Bertz CT molecular complexity index is 689. The maximum Gasteiger partial charge on any atom is 0.251 e. The van der Waals surface area contributed by atoms with Gasteiger partial charge in [0.1, 0.15) is 6.54 Å². The van der Waals surface area contributed by atoms with Crippen molar-refractivity contribution in [1.82, 2.24) is 9.47 Å². The van der Waals surface area contributed by atoms with E-state index in [1.807, 2.05) is 16.3 Å². The van der Waals surface area contributed by atoms with E-state index in [0.717, 1.165) is 18.4 Å². The van der Waals surface area contributed by atoms with Crippen LogP contribution in [0.3, 0.4) is 0 Å². The largest absolute Gasteiger partial charge is 0.398 e. The molecular weight excluding hydrogens is 286 g/mol. The number of thiophene rings is 1. The third-order valence-corrected chi connectivity index (χ3v) is 4.29. The van der Waals surface area contributed by atoms with Crippen LogP contribution in [-0.4, -0.2) is 21.4 Å². The topological polar surface area (TPSA) is 68.3 Å². The van der Waals surface area contributed by atoms with E-state index in [-0.39, 0.29) is 18.0 Å². The van der Waals surface area contributed by atoms with Gasteiger partial charge in [0.25, 0.3) is 5.56 Å². The van der Waals surface area contributed by atoms with Crippen LogP contribution in [0.25, 0.3) is 0 Å². The number of nitrogens with two attached hydrogens (primary N) is 1. The summed E-state index contributed by atoms with van der Waals surface area (Å²) in [5.41, 5.74) is 7.10. The Morgan fingerprint density at radius 1 is 1.38 bits per heavy atom. The second-order valence-corrected chi connectivity index (χ2v) is 6.09. The Balaban J connectivity index is 1.75. The smallest absolute Gasteiger partial charge is 0.251 e. The minimum Gasteiger partial charge on any atom is -0.398 e. The molecule has 0 aliphatic heterocycles. The Morgan fingerprint density at radius 2 is 2.19 bits per heavy atom. The van der Waals surface area contributed by atoms with Crippen molar-refractivity contribution in [2.45, 2.75) is 32.0 Å². The van der Waals surface area contributed by atoms with Crippen molar-refractivity contribution in [1.29, 1.82) is 0 Å². The first-order valence-electron chi connectivity index (χ1n) is 6.90. The molecule has 1 aliphatic carbocycles. The van der Waals surface area contributed by atoms with Crippen molar-refractivity contribution in [3.05, 3.63) is 51.1 Å². The second-order valence-electron chi connectivity index (χ2n) is 5.31. The molecule has 1 fully saturated rings. The Hall–Kier alpha value is -2.08. The first kappa shape index (κ1) is 13.9. The number of carbonyl (C=O) groups excluding carboxylic acids is 1. The van der Waals surface area contributed by atoms with E-state index in [1.165, 1.54) is 16.8 Å². The molecule has 0 saturated heterocycles. The third kappa shape index (κ3) is 3.33. The number of nitrogen functional groups attached to an aromatic ring is 1. The van der Waals surface area contributed by atoms with Crippen molar-refractivity contribution in [2.24, 2.45) is 0 Å². The SMILES string of the molecule is Nc1ccc(=O)n(CC(=O)N(Cc2ccsc2)C2CC2)c1. The molecule has 1 saturated carbocycles. The van der Waals surface area contributed by atoms with E-state index >= 15 is 0 Å². The summed E-state index contributed by atoms with van der Waals surface area (Å²) < 4.78 is 1.38. The van der Waals surface area contributed by atoms with Gasteiger partial charge < -0.3 is 15.2 Å². The summed E-state index contributed by atoms with van der Waals surface area (Å²) in [6.07, 6.45) is 3.61. The number of hydrogen-bond donors (Lipinski definition) is 1. The molecule has 2 N–H and O–H groups in total. The Kier molecular flexibility index (Phi) is 3.79. The Labute approximate surface area is 126 Å². The van der Waals surface area contributed by atoms with Gasteiger partial charge in [-0.15, -0.1) is 0 Å². The van der Waals surface area contributed by atoms with E-state index in [9.17, 15) is 9.59 Å². The van der Waals surface area contributed by atoms with Crippen LogP contribution in [-0.2, 0) is 17.9 Å². The number of aromatic nitrogens is 1. The number of pyridine rings is 1. The molecule has 6 heteroatoms. The lowest BCUT2D eigenvalue weighted by Crippen LogP contribution is -2.37. The van der Waals surface area contributed by atoms with Gasteiger partial charge in [-0.2, -0.15) is 11.3 Å². The highest BCUT2D eigenvalue weighted by molar-refractivity contribution is 7.07. The van der Waals surface area contributed by atoms with Gasteiger partial charge in [0.15, 0.2) is 0 Å². The highest BCUT2D eigenvalue weighted by Crippen LogP contribution is 2.29. The Morgan fingerprint density at radius 3 is 2.86 bits per heavy atom.